The fourth-order valence-corrected chi connectivity index (χ4v) is 2.00. The van der Waals surface area contributed by atoms with Gasteiger partial charge in [-0.25, -0.2) is 4.79 Å². The van der Waals surface area contributed by atoms with Crippen molar-refractivity contribution in [2.75, 3.05) is 34.4 Å². The normalized spacial score (nSPS) is 21.5. The van der Waals surface area contributed by atoms with Gasteiger partial charge < -0.3 is 14.4 Å². The first-order valence-electron chi connectivity index (χ1n) is 6.55. The fourth-order valence-electron chi connectivity index (χ4n) is 2.00. The lowest BCUT2D eigenvalue weighted by atomic mass is 10.1. The SMILES string of the molecule is COC[C@H]1/C(=C\N(C)C)C(=O)CN1C(=O)OC(C)(C)C. The first kappa shape index (κ1) is 16.5. The largest absolute Gasteiger partial charge is 0.444 e. The molecule has 0 aromatic heterocycles. The van der Waals surface area contributed by atoms with E-state index in [0.29, 0.717) is 5.57 Å². The first-order chi connectivity index (χ1) is 9.15. The molecule has 0 aromatic rings. The van der Waals surface area contributed by atoms with Crippen LogP contribution in [-0.4, -0.2) is 67.7 Å². The third-order valence-electron chi connectivity index (χ3n) is 2.72. The second-order valence-corrected chi connectivity index (χ2v) is 6.05. The number of rotatable bonds is 3. The molecule has 1 heterocycles. The first-order valence-corrected chi connectivity index (χ1v) is 6.55. The van der Waals surface area contributed by atoms with Crippen molar-refractivity contribution in [1.82, 2.24) is 9.80 Å². The Kier molecular flexibility index (Phi) is 5.16. The average Bonchev–Trinajstić information content (AvgIpc) is 2.55. The highest BCUT2D eigenvalue weighted by Gasteiger charge is 2.40. The zero-order valence-corrected chi connectivity index (χ0v) is 13.1. The van der Waals surface area contributed by atoms with Crippen molar-refractivity contribution in [2.45, 2.75) is 32.4 Å². The van der Waals surface area contributed by atoms with Gasteiger partial charge in [-0.1, -0.05) is 0 Å². The molecule has 1 rings (SSSR count). The average molecular weight is 284 g/mol. The molecule has 0 N–H and O–H groups in total. The molecule has 0 unspecified atom stereocenters. The maximum atomic E-state index is 12.2. The number of amides is 1. The molecule has 0 aromatic carbocycles. The number of methoxy groups -OCH3 is 1. The second-order valence-electron chi connectivity index (χ2n) is 6.05. The molecule has 0 spiro atoms. The molecule has 114 valence electrons. The molecule has 6 heteroatoms. The van der Waals surface area contributed by atoms with Gasteiger partial charge in [0.1, 0.15) is 5.60 Å². The molecule has 1 saturated heterocycles. The Labute approximate surface area is 120 Å². The summed E-state index contributed by atoms with van der Waals surface area (Å²) in [6.07, 6.45) is 1.24. The topological polar surface area (TPSA) is 59.1 Å². The van der Waals surface area contributed by atoms with Gasteiger partial charge in [-0.3, -0.25) is 9.69 Å². The highest BCUT2D eigenvalue weighted by Crippen LogP contribution is 2.24. The van der Waals surface area contributed by atoms with Crippen LogP contribution in [0.2, 0.25) is 0 Å². The molecule has 0 aliphatic carbocycles. The maximum absolute atomic E-state index is 12.2. The van der Waals surface area contributed by atoms with Gasteiger partial charge in [0.15, 0.2) is 5.78 Å². The van der Waals surface area contributed by atoms with Gasteiger partial charge in [0, 0.05) is 33.0 Å². The third kappa shape index (κ3) is 4.23. The number of likely N-dealkylation sites (tertiary alicyclic amines) is 1. The van der Waals surface area contributed by atoms with Crippen LogP contribution in [-0.2, 0) is 14.3 Å². The molecular formula is C14H24N2O4. The number of ether oxygens (including phenoxy) is 2. The Hall–Kier alpha value is -1.56. The summed E-state index contributed by atoms with van der Waals surface area (Å²) in [7, 11) is 5.21. The summed E-state index contributed by atoms with van der Waals surface area (Å²) >= 11 is 0. The highest BCUT2D eigenvalue weighted by atomic mass is 16.6. The van der Waals surface area contributed by atoms with Crippen LogP contribution in [0.1, 0.15) is 20.8 Å². The van der Waals surface area contributed by atoms with Crippen molar-refractivity contribution < 1.29 is 19.1 Å². The number of hydrogen-bond acceptors (Lipinski definition) is 5. The van der Waals surface area contributed by atoms with Crippen LogP contribution in [0.25, 0.3) is 0 Å². The molecular weight excluding hydrogens is 260 g/mol. The number of nitrogens with zero attached hydrogens (tertiary/aromatic N) is 2. The zero-order valence-electron chi connectivity index (χ0n) is 13.1. The molecule has 6 nitrogen and oxygen atoms in total. The molecule has 0 radical (unpaired) electrons. The Morgan fingerprint density at radius 2 is 2.05 bits per heavy atom. The van der Waals surface area contributed by atoms with E-state index in [-0.39, 0.29) is 18.9 Å². The van der Waals surface area contributed by atoms with E-state index < -0.39 is 17.7 Å². The van der Waals surface area contributed by atoms with Crippen molar-refractivity contribution >= 4 is 11.9 Å². The molecule has 1 aliphatic heterocycles. The molecule has 1 atom stereocenters. The molecule has 1 fully saturated rings. The smallest absolute Gasteiger partial charge is 0.411 e. The number of ketones is 1. The highest BCUT2D eigenvalue weighted by molar-refractivity contribution is 6.03. The minimum atomic E-state index is -0.591. The minimum absolute atomic E-state index is 0.0304. The van der Waals surface area contributed by atoms with Crippen LogP contribution in [0, 0.1) is 0 Å². The summed E-state index contributed by atoms with van der Waals surface area (Å²) in [6, 6.07) is -0.398. The van der Waals surface area contributed by atoms with Crippen molar-refractivity contribution in [2.24, 2.45) is 0 Å². The van der Waals surface area contributed by atoms with E-state index in [1.54, 1.807) is 39.0 Å². The predicted octanol–water partition coefficient (Wildman–Crippen LogP) is 1.27. The van der Waals surface area contributed by atoms with Crippen LogP contribution in [0.5, 0.6) is 0 Å². The van der Waals surface area contributed by atoms with Gasteiger partial charge in [-0.15, -0.1) is 0 Å². The Bertz CT molecular complexity index is 410. The Morgan fingerprint density at radius 1 is 1.45 bits per heavy atom. The fraction of sp³-hybridized carbons (Fsp3) is 0.714. The van der Waals surface area contributed by atoms with Gasteiger partial charge in [0.05, 0.1) is 19.2 Å². The molecule has 0 saturated carbocycles. The summed E-state index contributed by atoms with van der Waals surface area (Å²) in [5.41, 5.74) is -0.0195. The molecule has 20 heavy (non-hydrogen) atoms. The van der Waals surface area contributed by atoms with Crippen molar-refractivity contribution in [3.63, 3.8) is 0 Å². The number of Topliss-reactive ketones (excluding diaryl/α,β-unsaturated/α-hetero) is 1. The van der Waals surface area contributed by atoms with Crippen LogP contribution in [0.4, 0.5) is 4.79 Å². The zero-order chi connectivity index (χ0) is 15.5. The van der Waals surface area contributed by atoms with Crippen molar-refractivity contribution in [3.05, 3.63) is 11.8 Å². The Balaban J connectivity index is 2.97. The van der Waals surface area contributed by atoms with Gasteiger partial charge in [0.25, 0.3) is 0 Å². The van der Waals surface area contributed by atoms with Gasteiger partial charge in [0.2, 0.25) is 0 Å². The number of carbonyl (C=O) groups is 2. The lowest BCUT2D eigenvalue weighted by Crippen LogP contribution is -2.42. The van der Waals surface area contributed by atoms with E-state index >= 15 is 0 Å². The Morgan fingerprint density at radius 3 is 2.50 bits per heavy atom. The van der Waals surface area contributed by atoms with Crippen molar-refractivity contribution in [1.29, 1.82) is 0 Å². The lowest BCUT2D eigenvalue weighted by molar-refractivity contribution is -0.114. The van der Waals surface area contributed by atoms with Crippen LogP contribution < -0.4 is 0 Å². The summed E-state index contributed by atoms with van der Waals surface area (Å²) in [5.74, 6) is -0.0772. The standard InChI is InChI=1S/C14H24N2O4/c1-14(2,3)20-13(18)16-8-12(17)10(7-15(4)5)11(16)9-19-6/h7,11H,8-9H2,1-6H3/b10-7+/t11-/m0/s1. The number of hydrogen-bond donors (Lipinski definition) is 0. The molecule has 1 amide bonds. The summed E-state index contributed by atoms with van der Waals surface area (Å²) in [4.78, 5) is 27.5. The van der Waals surface area contributed by atoms with E-state index in [2.05, 4.69) is 0 Å². The van der Waals surface area contributed by atoms with Crippen LogP contribution >= 0.6 is 0 Å². The minimum Gasteiger partial charge on any atom is -0.444 e. The number of carbonyl (C=O) groups excluding carboxylic acids is 2. The summed E-state index contributed by atoms with van der Waals surface area (Å²) in [6.45, 7) is 5.69. The summed E-state index contributed by atoms with van der Waals surface area (Å²) < 4.78 is 10.5. The maximum Gasteiger partial charge on any atom is 0.411 e. The predicted molar refractivity (Wildman–Crippen MR) is 75.4 cm³/mol. The monoisotopic (exact) mass is 284 g/mol. The van der Waals surface area contributed by atoms with E-state index in [0.717, 1.165) is 0 Å². The quantitative estimate of drug-likeness (QED) is 0.730. The van der Waals surface area contributed by atoms with Gasteiger partial charge in [-0.05, 0) is 20.8 Å². The van der Waals surface area contributed by atoms with Crippen molar-refractivity contribution in [3.8, 4) is 0 Å². The molecule has 1 aliphatic rings. The lowest BCUT2D eigenvalue weighted by Gasteiger charge is -2.28. The van der Waals surface area contributed by atoms with Crippen LogP contribution in [0.15, 0.2) is 11.8 Å². The summed E-state index contributed by atoms with van der Waals surface area (Å²) in [5, 5.41) is 0. The second kappa shape index (κ2) is 6.26. The van der Waals surface area contributed by atoms with E-state index in [1.807, 2.05) is 14.1 Å². The third-order valence-corrected chi connectivity index (χ3v) is 2.72. The van der Waals surface area contributed by atoms with Gasteiger partial charge in [-0.2, -0.15) is 0 Å². The van der Waals surface area contributed by atoms with E-state index in [9.17, 15) is 9.59 Å². The van der Waals surface area contributed by atoms with E-state index in [1.165, 1.54) is 4.90 Å². The van der Waals surface area contributed by atoms with Gasteiger partial charge >= 0.3 is 6.09 Å². The van der Waals surface area contributed by atoms with Crippen LogP contribution in [0.3, 0.4) is 0 Å². The molecule has 0 bridgehead atoms. The van der Waals surface area contributed by atoms with E-state index in [4.69, 9.17) is 9.47 Å².